The quantitative estimate of drug-likeness (QED) is 0.875. The van der Waals surface area contributed by atoms with E-state index < -0.39 is 0 Å². The van der Waals surface area contributed by atoms with E-state index in [2.05, 4.69) is 20.2 Å². The van der Waals surface area contributed by atoms with E-state index in [-0.39, 0.29) is 5.91 Å². The van der Waals surface area contributed by atoms with Crippen molar-refractivity contribution in [1.29, 1.82) is 0 Å². The number of nitrogens with zero attached hydrogens (tertiary/aromatic N) is 3. The molecule has 1 N–H and O–H groups in total. The molecule has 118 valence electrons. The first kappa shape index (κ1) is 15.2. The maximum atomic E-state index is 11.9. The number of carbonyl (C=O) groups excluding carboxylic acids is 1. The van der Waals surface area contributed by atoms with Crippen LogP contribution in [0.2, 0.25) is 0 Å². The molecule has 2 aromatic heterocycles. The molecule has 0 atom stereocenters. The molecule has 3 heterocycles. The Balaban J connectivity index is 1.57. The van der Waals surface area contributed by atoms with Gasteiger partial charge in [0.1, 0.15) is 5.82 Å². The average Bonchev–Trinajstić information content (AvgIpc) is 2.62. The normalized spacial score (nSPS) is 14.9. The van der Waals surface area contributed by atoms with E-state index in [1.165, 1.54) is 6.08 Å². The summed E-state index contributed by atoms with van der Waals surface area (Å²) in [6.07, 6.45) is 8.28. The Morgan fingerprint density at radius 2 is 1.96 bits per heavy atom. The van der Waals surface area contributed by atoms with Crippen LogP contribution in [0.1, 0.15) is 5.56 Å². The predicted octanol–water partition coefficient (Wildman–Crippen LogP) is 1.97. The van der Waals surface area contributed by atoms with Crippen molar-refractivity contribution in [3.8, 4) is 0 Å². The third kappa shape index (κ3) is 4.37. The standard InChI is InChI=1S/C17H18N4O2/c22-17(4-1-14-5-7-18-8-6-14)20-15-2-3-16(19-13-15)21-9-11-23-12-10-21/h1-8,13H,9-12H2,(H,20,22)/b4-1+. The van der Waals surface area contributed by atoms with Crippen LogP contribution in [0.5, 0.6) is 0 Å². The number of anilines is 2. The number of hydrogen-bond donors (Lipinski definition) is 1. The molecule has 6 nitrogen and oxygen atoms in total. The number of pyridine rings is 2. The summed E-state index contributed by atoms with van der Waals surface area (Å²) in [5.41, 5.74) is 1.60. The second-order valence-electron chi connectivity index (χ2n) is 5.11. The van der Waals surface area contributed by atoms with E-state index in [9.17, 15) is 4.79 Å². The van der Waals surface area contributed by atoms with Gasteiger partial charge in [0.15, 0.2) is 0 Å². The van der Waals surface area contributed by atoms with Crippen molar-refractivity contribution in [2.24, 2.45) is 0 Å². The SMILES string of the molecule is O=C(/C=C/c1ccncc1)Nc1ccc(N2CCOCC2)nc1. The van der Waals surface area contributed by atoms with Gasteiger partial charge >= 0.3 is 0 Å². The van der Waals surface area contributed by atoms with Gasteiger partial charge in [0.05, 0.1) is 25.1 Å². The van der Waals surface area contributed by atoms with Gasteiger partial charge in [-0.1, -0.05) is 0 Å². The second kappa shape index (κ2) is 7.51. The van der Waals surface area contributed by atoms with E-state index >= 15 is 0 Å². The third-order valence-corrected chi connectivity index (χ3v) is 3.48. The molecule has 0 saturated carbocycles. The zero-order chi connectivity index (χ0) is 15.9. The maximum absolute atomic E-state index is 11.9. The number of hydrogen-bond acceptors (Lipinski definition) is 5. The topological polar surface area (TPSA) is 67.4 Å². The summed E-state index contributed by atoms with van der Waals surface area (Å²) in [6, 6.07) is 7.44. The summed E-state index contributed by atoms with van der Waals surface area (Å²) < 4.78 is 5.32. The zero-order valence-electron chi connectivity index (χ0n) is 12.7. The molecule has 0 spiro atoms. The van der Waals surface area contributed by atoms with Crippen molar-refractivity contribution in [2.75, 3.05) is 36.5 Å². The van der Waals surface area contributed by atoms with Crippen molar-refractivity contribution >= 4 is 23.5 Å². The van der Waals surface area contributed by atoms with Crippen molar-refractivity contribution in [1.82, 2.24) is 9.97 Å². The van der Waals surface area contributed by atoms with Gasteiger partial charge in [-0.2, -0.15) is 0 Å². The van der Waals surface area contributed by atoms with Crippen molar-refractivity contribution < 1.29 is 9.53 Å². The van der Waals surface area contributed by atoms with E-state index in [1.807, 2.05) is 24.3 Å². The fraction of sp³-hybridized carbons (Fsp3) is 0.235. The van der Waals surface area contributed by atoms with Gasteiger partial charge in [-0.15, -0.1) is 0 Å². The average molecular weight is 310 g/mol. The van der Waals surface area contributed by atoms with Crippen molar-refractivity contribution in [3.63, 3.8) is 0 Å². The van der Waals surface area contributed by atoms with Crippen molar-refractivity contribution in [3.05, 3.63) is 54.5 Å². The smallest absolute Gasteiger partial charge is 0.248 e. The lowest BCUT2D eigenvalue weighted by Crippen LogP contribution is -2.36. The highest BCUT2D eigenvalue weighted by molar-refractivity contribution is 6.01. The number of aromatic nitrogens is 2. The monoisotopic (exact) mass is 310 g/mol. The van der Waals surface area contributed by atoms with Crippen LogP contribution >= 0.6 is 0 Å². The molecule has 1 aliphatic rings. The third-order valence-electron chi connectivity index (χ3n) is 3.48. The van der Waals surface area contributed by atoms with Crippen LogP contribution in [0.15, 0.2) is 48.9 Å². The summed E-state index contributed by atoms with van der Waals surface area (Å²) in [5.74, 6) is 0.710. The molecular weight excluding hydrogens is 292 g/mol. The van der Waals surface area contributed by atoms with Crippen LogP contribution in [0.3, 0.4) is 0 Å². The highest BCUT2D eigenvalue weighted by Gasteiger charge is 2.12. The number of amides is 1. The molecule has 1 saturated heterocycles. The molecule has 0 aliphatic carbocycles. The van der Waals surface area contributed by atoms with Gasteiger partial charge in [0.2, 0.25) is 5.91 Å². The van der Waals surface area contributed by atoms with E-state index in [4.69, 9.17) is 4.74 Å². The number of nitrogens with one attached hydrogen (secondary N) is 1. The lowest BCUT2D eigenvalue weighted by Gasteiger charge is -2.27. The molecule has 1 amide bonds. The number of carbonyl (C=O) groups is 1. The first-order valence-corrected chi connectivity index (χ1v) is 7.49. The molecule has 1 fully saturated rings. The highest BCUT2D eigenvalue weighted by atomic mass is 16.5. The molecule has 0 aromatic carbocycles. The highest BCUT2D eigenvalue weighted by Crippen LogP contribution is 2.15. The molecular formula is C17H18N4O2. The maximum Gasteiger partial charge on any atom is 0.248 e. The van der Waals surface area contributed by atoms with E-state index in [0.717, 1.165) is 37.7 Å². The Labute approximate surface area is 134 Å². The molecule has 0 unspecified atom stereocenters. The minimum absolute atomic E-state index is 0.192. The van der Waals surface area contributed by atoms with E-state index in [0.29, 0.717) is 5.69 Å². The predicted molar refractivity (Wildman–Crippen MR) is 89.2 cm³/mol. The lowest BCUT2D eigenvalue weighted by atomic mass is 10.2. The molecule has 0 bridgehead atoms. The fourth-order valence-electron chi connectivity index (χ4n) is 2.27. The van der Waals surface area contributed by atoms with Crippen LogP contribution in [0, 0.1) is 0 Å². The van der Waals surface area contributed by atoms with Gasteiger partial charge in [-0.05, 0) is 35.9 Å². The first-order chi connectivity index (χ1) is 11.3. The molecule has 23 heavy (non-hydrogen) atoms. The fourth-order valence-corrected chi connectivity index (χ4v) is 2.27. The lowest BCUT2D eigenvalue weighted by molar-refractivity contribution is -0.111. The van der Waals surface area contributed by atoms with Crippen LogP contribution in [-0.2, 0) is 9.53 Å². The first-order valence-electron chi connectivity index (χ1n) is 7.49. The minimum Gasteiger partial charge on any atom is -0.378 e. The van der Waals surface area contributed by atoms with Crippen LogP contribution < -0.4 is 10.2 Å². The van der Waals surface area contributed by atoms with Gasteiger partial charge in [0, 0.05) is 31.6 Å². The Kier molecular flexibility index (Phi) is 4.95. The molecule has 0 radical (unpaired) electrons. The Hall–Kier alpha value is -2.73. The van der Waals surface area contributed by atoms with Gasteiger partial charge in [-0.25, -0.2) is 4.98 Å². The van der Waals surface area contributed by atoms with Gasteiger partial charge in [-0.3, -0.25) is 9.78 Å². The number of morpholine rings is 1. The van der Waals surface area contributed by atoms with Gasteiger partial charge < -0.3 is 15.0 Å². The molecule has 6 heteroatoms. The van der Waals surface area contributed by atoms with Crippen LogP contribution in [0.4, 0.5) is 11.5 Å². The summed E-state index contributed by atoms with van der Waals surface area (Å²) in [5, 5.41) is 2.80. The summed E-state index contributed by atoms with van der Waals surface area (Å²) in [4.78, 5) is 22.4. The zero-order valence-corrected chi connectivity index (χ0v) is 12.7. The summed E-state index contributed by atoms with van der Waals surface area (Å²) in [7, 11) is 0. The van der Waals surface area contributed by atoms with Gasteiger partial charge in [0.25, 0.3) is 0 Å². The molecule has 3 rings (SSSR count). The number of ether oxygens (including phenoxy) is 1. The minimum atomic E-state index is -0.192. The number of rotatable bonds is 4. The Morgan fingerprint density at radius 3 is 2.65 bits per heavy atom. The Morgan fingerprint density at radius 1 is 1.17 bits per heavy atom. The molecule has 1 aliphatic heterocycles. The van der Waals surface area contributed by atoms with E-state index in [1.54, 1.807) is 24.7 Å². The molecule has 2 aromatic rings. The van der Waals surface area contributed by atoms with Crippen LogP contribution in [0.25, 0.3) is 6.08 Å². The summed E-state index contributed by atoms with van der Waals surface area (Å²) >= 11 is 0. The Bertz CT molecular complexity index is 665. The van der Waals surface area contributed by atoms with Crippen molar-refractivity contribution in [2.45, 2.75) is 0 Å². The second-order valence-corrected chi connectivity index (χ2v) is 5.11. The largest absolute Gasteiger partial charge is 0.378 e. The summed E-state index contributed by atoms with van der Waals surface area (Å²) in [6.45, 7) is 3.13. The van der Waals surface area contributed by atoms with Crippen LogP contribution in [-0.4, -0.2) is 42.2 Å².